The average molecular weight is 346 g/mol. The minimum Gasteiger partial charge on any atom is -0.468 e. The number of amides is 1. The molecule has 2 aliphatic rings. The molecule has 0 bridgehead atoms. The van der Waals surface area contributed by atoms with E-state index in [2.05, 4.69) is 10.2 Å². The highest BCUT2D eigenvalue weighted by Gasteiger charge is 2.41. The predicted molar refractivity (Wildman–Crippen MR) is 91.6 cm³/mol. The summed E-state index contributed by atoms with van der Waals surface area (Å²) in [6.45, 7) is 2.42. The third kappa shape index (κ3) is 3.41. The van der Waals surface area contributed by atoms with Crippen molar-refractivity contribution >= 4 is 17.2 Å². The number of hydrogen-bond acceptors (Lipinski definition) is 5. The smallest absolute Gasteiger partial charge is 0.249 e. The van der Waals surface area contributed by atoms with Crippen LogP contribution >= 0.6 is 11.3 Å². The molecule has 24 heavy (non-hydrogen) atoms. The maximum atomic E-state index is 12.4. The maximum Gasteiger partial charge on any atom is 0.249 e. The van der Waals surface area contributed by atoms with Crippen molar-refractivity contribution in [2.75, 3.05) is 6.54 Å². The molecule has 128 valence electrons. The van der Waals surface area contributed by atoms with Crippen LogP contribution in [0.1, 0.15) is 29.9 Å². The monoisotopic (exact) mass is 346 g/mol. The fourth-order valence-corrected chi connectivity index (χ4v) is 4.35. The van der Waals surface area contributed by atoms with E-state index in [1.54, 1.807) is 17.6 Å². The lowest BCUT2D eigenvalue weighted by Crippen LogP contribution is -2.47. The van der Waals surface area contributed by atoms with Crippen LogP contribution in [0, 0.1) is 0 Å². The number of fused-ring (bicyclic) bond motifs is 1. The lowest BCUT2D eigenvalue weighted by molar-refractivity contribution is -0.144. The van der Waals surface area contributed by atoms with Crippen molar-refractivity contribution in [3.63, 3.8) is 0 Å². The molecule has 6 heteroatoms. The van der Waals surface area contributed by atoms with Crippen LogP contribution in [0.3, 0.4) is 0 Å². The summed E-state index contributed by atoms with van der Waals surface area (Å²) in [6.07, 6.45) is 4.34. The summed E-state index contributed by atoms with van der Waals surface area (Å²) < 4.78 is 11.6. The van der Waals surface area contributed by atoms with E-state index in [-0.39, 0.29) is 18.1 Å². The van der Waals surface area contributed by atoms with Gasteiger partial charge in [0.05, 0.1) is 25.5 Å². The van der Waals surface area contributed by atoms with Crippen molar-refractivity contribution in [1.29, 1.82) is 0 Å². The van der Waals surface area contributed by atoms with Crippen LogP contribution in [0.25, 0.3) is 0 Å². The molecule has 3 atom stereocenters. The van der Waals surface area contributed by atoms with Gasteiger partial charge in [-0.05, 0) is 42.8 Å². The van der Waals surface area contributed by atoms with Gasteiger partial charge in [-0.15, -0.1) is 11.3 Å². The zero-order valence-electron chi connectivity index (χ0n) is 13.5. The van der Waals surface area contributed by atoms with Gasteiger partial charge in [0.15, 0.2) is 0 Å². The van der Waals surface area contributed by atoms with E-state index in [1.807, 2.05) is 29.6 Å². The highest BCUT2D eigenvalue weighted by atomic mass is 32.1. The third-order valence-electron chi connectivity index (χ3n) is 4.91. The highest BCUT2D eigenvalue weighted by molar-refractivity contribution is 7.09. The van der Waals surface area contributed by atoms with Gasteiger partial charge in [-0.25, -0.2) is 0 Å². The van der Waals surface area contributed by atoms with Crippen LogP contribution in [-0.4, -0.2) is 35.6 Å². The van der Waals surface area contributed by atoms with Gasteiger partial charge in [-0.3, -0.25) is 9.69 Å². The molecule has 2 aromatic heterocycles. The number of rotatable bonds is 5. The fraction of sp³-hybridized carbons (Fsp3) is 0.500. The Kier molecular flexibility index (Phi) is 4.69. The molecule has 2 fully saturated rings. The molecule has 1 amide bonds. The minimum atomic E-state index is -0.310. The predicted octanol–water partition coefficient (Wildman–Crippen LogP) is 2.78. The van der Waals surface area contributed by atoms with Gasteiger partial charge in [0.2, 0.25) is 5.91 Å². The number of likely N-dealkylation sites (tertiary alicyclic amines) is 1. The van der Waals surface area contributed by atoms with Crippen molar-refractivity contribution in [2.24, 2.45) is 0 Å². The summed E-state index contributed by atoms with van der Waals surface area (Å²) in [4.78, 5) is 15.9. The van der Waals surface area contributed by atoms with E-state index in [0.29, 0.717) is 12.6 Å². The second-order valence-corrected chi connectivity index (χ2v) is 7.48. The van der Waals surface area contributed by atoms with E-state index < -0.39 is 0 Å². The standard InChI is InChI=1S/C18H22N2O3S/c21-18(19-11-14-4-2-10-24-14)17-6-5-15-16(23-17)7-8-20(15)12-13-3-1-9-22-13/h1-4,9-10,15-17H,5-8,11-12H2,(H,19,21)/t15-,16-,17-/m1/s1. The van der Waals surface area contributed by atoms with E-state index in [0.717, 1.165) is 38.1 Å². The quantitative estimate of drug-likeness (QED) is 0.904. The molecule has 0 unspecified atom stereocenters. The van der Waals surface area contributed by atoms with Gasteiger partial charge in [0, 0.05) is 17.5 Å². The zero-order chi connectivity index (χ0) is 16.4. The number of carbonyl (C=O) groups is 1. The summed E-state index contributed by atoms with van der Waals surface area (Å²) in [6, 6.07) is 8.37. The molecule has 0 saturated carbocycles. The average Bonchev–Trinajstić information content (AvgIpc) is 3.35. The number of furan rings is 1. The highest BCUT2D eigenvalue weighted by Crippen LogP contribution is 2.32. The maximum absolute atomic E-state index is 12.4. The first-order valence-electron chi connectivity index (χ1n) is 8.51. The first-order valence-corrected chi connectivity index (χ1v) is 9.39. The Labute approximate surface area is 145 Å². The van der Waals surface area contributed by atoms with Gasteiger partial charge in [-0.1, -0.05) is 6.07 Å². The van der Waals surface area contributed by atoms with Crippen molar-refractivity contribution in [3.05, 3.63) is 46.5 Å². The Hall–Kier alpha value is -1.63. The molecule has 0 aromatic carbocycles. The van der Waals surface area contributed by atoms with Gasteiger partial charge in [0.1, 0.15) is 11.9 Å². The van der Waals surface area contributed by atoms with E-state index in [1.165, 1.54) is 4.88 Å². The van der Waals surface area contributed by atoms with Crippen molar-refractivity contribution < 1.29 is 13.9 Å². The van der Waals surface area contributed by atoms with Crippen molar-refractivity contribution in [1.82, 2.24) is 10.2 Å². The van der Waals surface area contributed by atoms with Crippen LogP contribution in [0.5, 0.6) is 0 Å². The summed E-state index contributed by atoms with van der Waals surface area (Å²) >= 11 is 1.66. The van der Waals surface area contributed by atoms with Crippen LogP contribution in [0.4, 0.5) is 0 Å². The largest absolute Gasteiger partial charge is 0.468 e. The molecule has 0 aliphatic carbocycles. The molecule has 0 radical (unpaired) electrons. The van der Waals surface area contributed by atoms with Crippen molar-refractivity contribution in [2.45, 2.75) is 50.6 Å². The number of nitrogens with one attached hydrogen (secondary N) is 1. The Morgan fingerprint density at radius 2 is 2.25 bits per heavy atom. The normalized spacial score (nSPS) is 27.1. The Morgan fingerprint density at radius 1 is 1.29 bits per heavy atom. The lowest BCUT2D eigenvalue weighted by Gasteiger charge is -2.35. The molecular weight excluding hydrogens is 324 g/mol. The summed E-state index contributed by atoms with van der Waals surface area (Å²) in [5, 5.41) is 5.02. The molecule has 4 rings (SSSR count). The second-order valence-electron chi connectivity index (χ2n) is 6.44. The molecule has 5 nitrogen and oxygen atoms in total. The number of ether oxygens (including phenoxy) is 1. The number of nitrogens with zero attached hydrogens (tertiary/aromatic N) is 1. The van der Waals surface area contributed by atoms with Gasteiger partial charge < -0.3 is 14.5 Å². The molecule has 2 aromatic rings. The fourth-order valence-electron chi connectivity index (χ4n) is 3.71. The molecule has 4 heterocycles. The first-order chi connectivity index (χ1) is 11.8. The SMILES string of the molecule is O=C(NCc1cccs1)[C@H]1CC[C@@H]2[C@@H](CCN2Cc2ccco2)O1. The Bertz CT molecular complexity index is 656. The number of thiophene rings is 1. The van der Waals surface area contributed by atoms with Crippen LogP contribution in [-0.2, 0) is 22.6 Å². The topological polar surface area (TPSA) is 54.7 Å². The van der Waals surface area contributed by atoms with E-state index in [4.69, 9.17) is 9.15 Å². The summed E-state index contributed by atoms with van der Waals surface area (Å²) in [5.41, 5.74) is 0. The lowest BCUT2D eigenvalue weighted by atomic mass is 9.98. The number of carbonyl (C=O) groups excluding carboxylic acids is 1. The van der Waals surface area contributed by atoms with Crippen LogP contribution < -0.4 is 5.32 Å². The van der Waals surface area contributed by atoms with Gasteiger partial charge in [-0.2, -0.15) is 0 Å². The second kappa shape index (κ2) is 7.09. The summed E-state index contributed by atoms with van der Waals surface area (Å²) in [5.74, 6) is 1.01. The Morgan fingerprint density at radius 3 is 3.04 bits per heavy atom. The first kappa shape index (κ1) is 15.9. The van der Waals surface area contributed by atoms with E-state index in [9.17, 15) is 4.79 Å². The molecular formula is C18H22N2O3S. The van der Waals surface area contributed by atoms with Crippen LogP contribution in [0.15, 0.2) is 40.3 Å². The van der Waals surface area contributed by atoms with Gasteiger partial charge >= 0.3 is 0 Å². The molecule has 2 aliphatic heterocycles. The molecule has 0 spiro atoms. The number of hydrogen-bond donors (Lipinski definition) is 1. The van der Waals surface area contributed by atoms with Crippen LogP contribution in [0.2, 0.25) is 0 Å². The summed E-state index contributed by atoms with van der Waals surface area (Å²) in [7, 11) is 0. The zero-order valence-corrected chi connectivity index (χ0v) is 14.3. The van der Waals surface area contributed by atoms with Gasteiger partial charge in [0.25, 0.3) is 0 Å². The minimum absolute atomic E-state index is 0.0198. The third-order valence-corrected chi connectivity index (χ3v) is 5.79. The molecule has 1 N–H and O–H groups in total. The Balaban J connectivity index is 1.29. The molecule has 2 saturated heterocycles. The van der Waals surface area contributed by atoms with E-state index >= 15 is 0 Å². The van der Waals surface area contributed by atoms with Crippen molar-refractivity contribution in [3.8, 4) is 0 Å².